The van der Waals surface area contributed by atoms with Crippen LogP contribution in [0.5, 0.6) is 0 Å². The number of fused-ring (bicyclic) bond motifs is 1. The van der Waals surface area contributed by atoms with E-state index in [0.29, 0.717) is 13.0 Å². The van der Waals surface area contributed by atoms with Crippen molar-refractivity contribution in [2.24, 2.45) is 0 Å². The van der Waals surface area contributed by atoms with Gasteiger partial charge in [-0.15, -0.1) is 0 Å². The van der Waals surface area contributed by atoms with Gasteiger partial charge in [-0.05, 0) is 0 Å². The van der Waals surface area contributed by atoms with Crippen molar-refractivity contribution >= 4 is 12.1 Å². The first-order valence-electron chi connectivity index (χ1n) is 13.0. The molecule has 3 fully saturated rings. The van der Waals surface area contributed by atoms with Gasteiger partial charge in [0.25, 0.3) is 0 Å². The van der Waals surface area contributed by atoms with Gasteiger partial charge in [-0.25, -0.2) is 0 Å². The Morgan fingerprint density at radius 3 is 1.63 bits per heavy atom. The summed E-state index contributed by atoms with van der Waals surface area (Å²) >= 11 is 0.373. The summed E-state index contributed by atoms with van der Waals surface area (Å²) in [5.74, 6) is 2.82. The zero-order valence-corrected chi connectivity index (χ0v) is 21.2. The Morgan fingerprint density at radius 1 is 0.667 bits per heavy atom. The summed E-state index contributed by atoms with van der Waals surface area (Å²) in [6.07, 6.45) is 28.5. The van der Waals surface area contributed by atoms with Gasteiger partial charge in [0.05, 0.1) is 0 Å². The standard InChI is InChI=1S/C18H33P.C9H7.CH3.Ni/c1-4-10-16(11-5-1)19(17-12-6-2-7-13-17)18-14-8-3-9-15-18;1-2-5-9-7-3-6-8(9)4-1;;/h16-18H,1-15H2;1-7H;1H3;/q;;;-1/p+1. The van der Waals surface area contributed by atoms with Crippen LogP contribution in [0.2, 0.25) is 5.89 Å². The zero-order chi connectivity index (χ0) is 20.4. The van der Waals surface area contributed by atoms with Crippen LogP contribution in [0.25, 0.3) is 6.08 Å². The van der Waals surface area contributed by atoms with Gasteiger partial charge >= 0.3 is 191 Å². The van der Waals surface area contributed by atoms with E-state index in [1.807, 2.05) is 0 Å². The second-order valence-electron chi connectivity index (χ2n) is 10.6. The topological polar surface area (TPSA) is 0 Å². The van der Waals surface area contributed by atoms with Crippen LogP contribution >= 0.6 is 6.04 Å². The van der Waals surface area contributed by atoms with Gasteiger partial charge < -0.3 is 0 Å². The SMILES string of the molecule is [CH3][Ni]([CH]1C=Cc2ccccc21)[PH](C1CCCCC1)(C1CCCCC1)C1CCCCC1. The summed E-state index contributed by atoms with van der Waals surface area (Å²) in [6.45, 7) is 0. The molecule has 0 heterocycles. The second-order valence-corrected chi connectivity index (χ2v) is 21.1. The van der Waals surface area contributed by atoms with E-state index in [0.717, 1.165) is 21.9 Å². The van der Waals surface area contributed by atoms with Crippen molar-refractivity contribution < 1.29 is 13.0 Å². The predicted octanol–water partition coefficient (Wildman–Crippen LogP) is 9.08. The molecule has 0 N–H and O–H groups in total. The number of hydrogen-bond acceptors (Lipinski definition) is 0. The Labute approximate surface area is 190 Å². The molecule has 4 aliphatic carbocycles. The summed E-state index contributed by atoms with van der Waals surface area (Å²) in [4.78, 5) is 0.749. The van der Waals surface area contributed by atoms with Crippen molar-refractivity contribution in [1.82, 2.24) is 0 Å². The summed E-state index contributed by atoms with van der Waals surface area (Å²) in [7, 11) is 0. The van der Waals surface area contributed by atoms with Crippen LogP contribution in [0.4, 0.5) is 0 Å². The Hall–Kier alpha value is -0.116. The molecule has 171 valence electrons. The Balaban J connectivity index is 1.59. The zero-order valence-electron chi connectivity index (χ0n) is 19.2. The molecule has 0 amide bonds. The first-order chi connectivity index (χ1) is 14.8. The molecule has 1 atom stereocenters. The van der Waals surface area contributed by atoms with Gasteiger partial charge in [-0.2, -0.15) is 0 Å². The Bertz CT molecular complexity index is 676. The van der Waals surface area contributed by atoms with E-state index in [-0.39, 0.29) is 0 Å². The third kappa shape index (κ3) is 3.90. The molecule has 1 unspecified atom stereocenters. The molecule has 1 aromatic rings. The maximum atomic E-state index is 2.82. The van der Waals surface area contributed by atoms with Gasteiger partial charge in [0.15, 0.2) is 0 Å². The summed E-state index contributed by atoms with van der Waals surface area (Å²) < 4.78 is 0. The molecule has 0 nitrogen and oxygen atoms in total. The normalized spacial score (nSPS) is 27.8. The van der Waals surface area contributed by atoms with E-state index < -0.39 is 6.04 Å². The number of hydrogen-bond donors (Lipinski definition) is 0. The van der Waals surface area contributed by atoms with Crippen LogP contribution in [0.3, 0.4) is 0 Å². The van der Waals surface area contributed by atoms with E-state index in [9.17, 15) is 0 Å². The van der Waals surface area contributed by atoms with E-state index in [2.05, 4.69) is 42.3 Å². The van der Waals surface area contributed by atoms with Crippen molar-refractivity contribution in [1.29, 1.82) is 0 Å². The van der Waals surface area contributed by atoms with Crippen molar-refractivity contribution in [3.05, 3.63) is 41.5 Å². The third-order valence-corrected chi connectivity index (χ3v) is 25.2. The molecule has 0 spiro atoms. The van der Waals surface area contributed by atoms with Crippen LogP contribution < -0.4 is 0 Å². The average molecular weight is 470 g/mol. The molecule has 2 heteroatoms. The molecular weight excluding hydrogens is 426 g/mol. The van der Waals surface area contributed by atoms with Gasteiger partial charge in [0.1, 0.15) is 0 Å². The van der Waals surface area contributed by atoms with Crippen molar-refractivity contribution in [3.8, 4) is 0 Å². The quantitative estimate of drug-likeness (QED) is 0.297. The van der Waals surface area contributed by atoms with E-state index in [1.54, 1.807) is 44.1 Å². The summed E-state index contributed by atoms with van der Waals surface area (Å²) in [5, 5.41) is 0. The molecular formula is C28H44NiP. The van der Waals surface area contributed by atoms with E-state index in [4.69, 9.17) is 0 Å². The molecule has 0 saturated heterocycles. The van der Waals surface area contributed by atoms with Crippen LogP contribution in [-0.4, -0.2) is 17.0 Å². The fraction of sp³-hybridized carbons (Fsp3) is 0.714. The molecule has 4 aliphatic rings. The molecule has 30 heavy (non-hydrogen) atoms. The van der Waals surface area contributed by atoms with Crippen LogP contribution in [0, 0.1) is 0 Å². The number of allylic oxidation sites excluding steroid dienone is 1. The van der Waals surface area contributed by atoms with Crippen LogP contribution in [-0.2, 0) is 13.0 Å². The minimum absolute atomic E-state index is 0.373. The fourth-order valence-electron chi connectivity index (χ4n) is 7.79. The molecule has 0 bridgehead atoms. The first kappa shape index (κ1) is 21.7. The van der Waals surface area contributed by atoms with Crippen molar-refractivity contribution in [3.63, 3.8) is 0 Å². The minimum atomic E-state index is -1.44. The predicted molar refractivity (Wildman–Crippen MR) is 133 cm³/mol. The van der Waals surface area contributed by atoms with E-state index in [1.165, 1.54) is 63.4 Å². The third-order valence-electron chi connectivity index (χ3n) is 9.05. The van der Waals surface area contributed by atoms with Crippen LogP contribution in [0.1, 0.15) is 112 Å². The Kier molecular flexibility index (Phi) is 7.09. The second kappa shape index (κ2) is 9.79. The fourth-order valence-corrected chi connectivity index (χ4v) is 26.8. The molecule has 3 saturated carbocycles. The number of benzene rings is 1. The number of rotatable bonds is 5. The van der Waals surface area contributed by atoms with Crippen molar-refractivity contribution in [2.45, 2.75) is 124 Å². The van der Waals surface area contributed by atoms with Crippen LogP contribution in [0.15, 0.2) is 30.3 Å². The van der Waals surface area contributed by atoms with E-state index >= 15 is 0 Å². The first-order valence-corrected chi connectivity index (χ1v) is 18.1. The average Bonchev–Trinajstić information content (AvgIpc) is 3.26. The molecule has 1 aromatic carbocycles. The Morgan fingerprint density at radius 2 is 1.13 bits per heavy atom. The molecule has 0 aromatic heterocycles. The monoisotopic (exact) mass is 469 g/mol. The maximum absolute atomic E-state index is 2.82. The van der Waals surface area contributed by atoms with Gasteiger partial charge in [0.2, 0.25) is 0 Å². The summed E-state index contributed by atoms with van der Waals surface area (Å²) in [6, 6.07) is 7.97. The molecule has 5 rings (SSSR count). The van der Waals surface area contributed by atoms with Gasteiger partial charge in [-0.3, -0.25) is 0 Å². The van der Waals surface area contributed by atoms with Gasteiger partial charge in [0, 0.05) is 0 Å². The molecule has 0 radical (unpaired) electrons. The molecule has 0 aliphatic heterocycles. The van der Waals surface area contributed by atoms with Crippen molar-refractivity contribution in [2.75, 3.05) is 0 Å². The summed E-state index contributed by atoms with van der Waals surface area (Å²) in [5.41, 5.74) is 6.63. The van der Waals surface area contributed by atoms with Gasteiger partial charge in [-0.1, -0.05) is 0 Å².